The Kier molecular flexibility index (Phi) is 6.21. The highest BCUT2D eigenvalue weighted by Gasteiger charge is 2.31. The summed E-state index contributed by atoms with van der Waals surface area (Å²) in [5.74, 6) is 5.24. The molecular weight excluding hydrogens is 324 g/mol. The van der Waals surface area contributed by atoms with Crippen molar-refractivity contribution in [3.05, 3.63) is 60.2 Å². The Hall–Kier alpha value is -1.30. The second-order valence-corrected chi connectivity index (χ2v) is 9.72. The molecule has 0 radical (unpaired) electrons. The Morgan fingerprint density at radius 2 is 1.22 bits per heavy atom. The first-order valence-electron chi connectivity index (χ1n) is 11.6. The van der Waals surface area contributed by atoms with E-state index in [-0.39, 0.29) is 0 Å². The molecule has 0 aliphatic heterocycles. The Balaban J connectivity index is 1.26. The maximum Gasteiger partial charge on any atom is -0.0162 e. The van der Waals surface area contributed by atoms with Crippen molar-refractivity contribution in [2.45, 2.75) is 77.0 Å². The minimum Gasteiger partial charge on any atom is -0.103 e. The van der Waals surface area contributed by atoms with Gasteiger partial charge in [-0.25, -0.2) is 0 Å². The molecular formula is C27H38. The molecule has 2 saturated carbocycles. The number of allylic oxidation sites excluding steroid dienone is 3. The first-order chi connectivity index (χ1) is 13.2. The topological polar surface area (TPSA) is 0 Å². The van der Waals surface area contributed by atoms with Gasteiger partial charge in [-0.3, -0.25) is 0 Å². The van der Waals surface area contributed by atoms with E-state index >= 15 is 0 Å². The zero-order chi connectivity index (χ0) is 18.6. The highest BCUT2D eigenvalue weighted by Crippen LogP contribution is 2.44. The summed E-state index contributed by atoms with van der Waals surface area (Å²) in [5, 5.41) is 0. The lowest BCUT2D eigenvalue weighted by Gasteiger charge is -2.38. The van der Waals surface area contributed by atoms with Gasteiger partial charge in [-0.05, 0) is 112 Å². The van der Waals surface area contributed by atoms with Crippen molar-refractivity contribution < 1.29 is 0 Å². The van der Waals surface area contributed by atoms with E-state index in [4.69, 9.17) is 0 Å². The molecule has 0 bridgehead atoms. The number of rotatable bonds is 4. The second kappa shape index (κ2) is 8.80. The first kappa shape index (κ1) is 19.0. The van der Waals surface area contributed by atoms with E-state index in [1.165, 1.54) is 69.8 Å². The lowest BCUT2D eigenvalue weighted by Crippen LogP contribution is -2.26. The van der Waals surface area contributed by atoms with Crippen molar-refractivity contribution >= 4 is 0 Å². The van der Waals surface area contributed by atoms with Gasteiger partial charge < -0.3 is 0 Å². The van der Waals surface area contributed by atoms with E-state index in [2.05, 4.69) is 56.0 Å². The zero-order valence-electron chi connectivity index (χ0n) is 17.3. The van der Waals surface area contributed by atoms with Gasteiger partial charge in [-0.2, -0.15) is 0 Å². The lowest BCUT2D eigenvalue weighted by molar-refractivity contribution is 0.201. The molecule has 0 saturated heterocycles. The summed E-state index contributed by atoms with van der Waals surface area (Å²) in [6.07, 6.45) is 21.6. The van der Waals surface area contributed by atoms with Gasteiger partial charge in [-0.1, -0.05) is 48.1 Å². The molecule has 2 atom stereocenters. The summed E-state index contributed by atoms with van der Waals surface area (Å²) in [5.41, 5.74) is 2.96. The number of hydrogen-bond acceptors (Lipinski definition) is 0. The third-order valence-electron chi connectivity index (χ3n) is 8.12. The summed E-state index contributed by atoms with van der Waals surface area (Å²) in [6, 6.07) is 9.31. The molecule has 0 heterocycles. The fraction of sp³-hybridized carbons (Fsp3) is 0.630. The Labute approximate surface area is 167 Å². The van der Waals surface area contributed by atoms with Gasteiger partial charge in [0, 0.05) is 0 Å². The first-order valence-corrected chi connectivity index (χ1v) is 11.6. The maximum atomic E-state index is 4.00. The summed E-state index contributed by atoms with van der Waals surface area (Å²) in [4.78, 5) is 0. The zero-order valence-corrected chi connectivity index (χ0v) is 17.3. The van der Waals surface area contributed by atoms with Gasteiger partial charge in [0.15, 0.2) is 0 Å². The minimum atomic E-state index is 0.797. The lowest BCUT2D eigenvalue weighted by atomic mass is 9.67. The fourth-order valence-corrected chi connectivity index (χ4v) is 6.18. The molecule has 3 aliphatic rings. The normalized spacial score (nSPS) is 37.1. The molecule has 0 N–H and O–H groups in total. The van der Waals surface area contributed by atoms with Crippen LogP contribution in [0.1, 0.15) is 81.3 Å². The molecule has 146 valence electrons. The van der Waals surface area contributed by atoms with E-state index in [0.717, 1.165) is 35.5 Å². The fourth-order valence-electron chi connectivity index (χ4n) is 6.18. The van der Waals surface area contributed by atoms with Crippen LogP contribution in [0.4, 0.5) is 0 Å². The van der Waals surface area contributed by atoms with Crippen molar-refractivity contribution in [3.63, 3.8) is 0 Å². The average molecular weight is 363 g/mol. The summed E-state index contributed by atoms with van der Waals surface area (Å²) in [6.45, 7) is 6.19. The van der Waals surface area contributed by atoms with Crippen LogP contribution in [0.15, 0.2) is 49.1 Å². The van der Waals surface area contributed by atoms with E-state index in [9.17, 15) is 0 Å². The number of aryl methyl sites for hydroxylation is 1. The maximum absolute atomic E-state index is 4.00. The van der Waals surface area contributed by atoms with Crippen LogP contribution in [-0.4, -0.2) is 0 Å². The molecule has 0 heteroatoms. The van der Waals surface area contributed by atoms with Crippen LogP contribution in [0.25, 0.3) is 0 Å². The van der Waals surface area contributed by atoms with Crippen LogP contribution in [0.2, 0.25) is 0 Å². The molecule has 27 heavy (non-hydrogen) atoms. The van der Waals surface area contributed by atoms with Crippen LogP contribution >= 0.6 is 0 Å². The summed E-state index contributed by atoms with van der Waals surface area (Å²) in [7, 11) is 0. The van der Waals surface area contributed by atoms with Gasteiger partial charge in [0.05, 0.1) is 0 Å². The predicted molar refractivity (Wildman–Crippen MR) is 117 cm³/mol. The molecule has 2 fully saturated rings. The van der Waals surface area contributed by atoms with Crippen LogP contribution in [0.3, 0.4) is 0 Å². The molecule has 2 unspecified atom stereocenters. The molecule has 0 nitrogen and oxygen atoms in total. The monoisotopic (exact) mass is 362 g/mol. The standard InChI is InChI=1S/C27H38/c1-3-21-6-10-23(11-7-21)25-14-18-27(19-15-25)26-16-12-24(13-17-26)22-8-4-20(2)5-9-22/h3-5,8-9,14,18,21,23-27H,1,6-7,10-13,15-17,19H2,2H3. The van der Waals surface area contributed by atoms with Gasteiger partial charge in [0.1, 0.15) is 0 Å². The minimum absolute atomic E-state index is 0.797. The SMILES string of the molecule is C=CC1CCC(C2C=CC(C3CCC(c4ccc(C)cc4)CC3)CC2)CC1. The Bertz CT molecular complexity index is 621. The molecule has 1 aromatic rings. The molecule has 0 aromatic heterocycles. The average Bonchev–Trinajstić information content (AvgIpc) is 2.75. The third-order valence-corrected chi connectivity index (χ3v) is 8.12. The van der Waals surface area contributed by atoms with Gasteiger partial charge in [0.25, 0.3) is 0 Å². The van der Waals surface area contributed by atoms with Crippen LogP contribution in [0, 0.1) is 36.5 Å². The molecule has 0 spiro atoms. The quantitative estimate of drug-likeness (QED) is 0.478. The van der Waals surface area contributed by atoms with E-state index in [0.29, 0.717) is 0 Å². The number of benzene rings is 1. The van der Waals surface area contributed by atoms with Gasteiger partial charge >= 0.3 is 0 Å². The van der Waals surface area contributed by atoms with E-state index in [1.54, 1.807) is 5.56 Å². The van der Waals surface area contributed by atoms with Gasteiger partial charge in [0.2, 0.25) is 0 Å². The van der Waals surface area contributed by atoms with Crippen molar-refractivity contribution in [2.24, 2.45) is 29.6 Å². The third kappa shape index (κ3) is 4.58. The highest BCUT2D eigenvalue weighted by atomic mass is 14.4. The van der Waals surface area contributed by atoms with Crippen molar-refractivity contribution in [1.82, 2.24) is 0 Å². The van der Waals surface area contributed by atoms with Crippen LogP contribution in [0.5, 0.6) is 0 Å². The van der Waals surface area contributed by atoms with Crippen molar-refractivity contribution in [3.8, 4) is 0 Å². The van der Waals surface area contributed by atoms with Crippen LogP contribution < -0.4 is 0 Å². The molecule has 4 rings (SSSR count). The largest absolute Gasteiger partial charge is 0.103 e. The predicted octanol–water partition coefficient (Wildman–Crippen LogP) is 7.84. The Morgan fingerprint density at radius 1 is 0.704 bits per heavy atom. The molecule has 0 amide bonds. The summed E-state index contributed by atoms with van der Waals surface area (Å²) < 4.78 is 0. The Morgan fingerprint density at radius 3 is 1.70 bits per heavy atom. The number of hydrogen-bond donors (Lipinski definition) is 0. The van der Waals surface area contributed by atoms with Crippen LogP contribution in [-0.2, 0) is 0 Å². The molecule has 1 aromatic carbocycles. The van der Waals surface area contributed by atoms with E-state index in [1.807, 2.05) is 0 Å². The van der Waals surface area contributed by atoms with Crippen molar-refractivity contribution in [2.75, 3.05) is 0 Å². The summed E-state index contributed by atoms with van der Waals surface area (Å²) >= 11 is 0. The molecule has 3 aliphatic carbocycles. The second-order valence-electron chi connectivity index (χ2n) is 9.72. The van der Waals surface area contributed by atoms with E-state index < -0.39 is 0 Å². The smallest absolute Gasteiger partial charge is 0.0162 e. The van der Waals surface area contributed by atoms with Gasteiger partial charge in [-0.15, -0.1) is 6.58 Å². The highest BCUT2D eigenvalue weighted by molar-refractivity contribution is 5.25. The van der Waals surface area contributed by atoms with Crippen molar-refractivity contribution in [1.29, 1.82) is 0 Å².